The number of nitrogen functional groups attached to an aromatic ring is 1. The zero-order valence-electron chi connectivity index (χ0n) is 18.6. The van der Waals surface area contributed by atoms with Crippen molar-refractivity contribution in [2.45, 2.75) is 33.5 Å². The van der Waals surface area contributed by atoms with Gasteiger partial charge in [-0.2, -0.15) is 0 Å². The number of anilines is 2. The molecule has 172 valence electrons. The van der Waals surface area contributed by atoms with Crippen molar-refractivity contribution in [3.63, 3.8) is 0 Å². The minimum atomic E-state index is -0.490. The standard InChI is InChI=1S/C24H27N5O4/c1-16-8-10-20(26-13-23(31)33-15-18-6-4-3-5-7-18)24(32)29(16)14-22(30)27-12-19-9-11-21(25)28-17(19)2/h3-11,26H,12-15H2,1-2H3,(H2,25,28)(H,27,30). The van der Waals surface area contributed by atoms with E-state index in [0.717, 1.165) is 16.8 Å². The highest BCUT2D eigenvalue weighted by atomic mass is 16.5. The molecule has 0 aliphatic rings. The molecule has 3 aromatic rings. The molecule has 0 saturated heterocycles. The van der Waals surface area contributed by atoms with E-state index in [1.807, 2.05) is 37.3 Å². The van der Waals surface area contributed by atoms with E-state index in [-0.39, 0.29) is 37.8 Å². The van der Waals surface area contributed by atoms with Crippen LogP contribution in [0.15, 0.2) is 59.4 Å². The Bertz CT molecular complexity index is 1190. The number of esters is 1. The van der Waals surface area contributed by atoms with Crippen molar-refractivity contribution in [3.05, 3.63) is 87.5 Å². The molecule has 3 rings (SSSR count). The number of hydrogen-bond donors (Lipinski definition) is 3. The van der Waals surface area contributed by atoms with Crippen molar-refractivity contribution in [1.82, 2.24) is 14.9 Å². The lowest BCUT2D eigenvalue weighted by atomic mass is 10.2. The molecule has 9 heteroatoms. The average molecular weight is 450 g/mol. The molecule has 4 N–H and O–H groups in total. The number of carbonyl (C=O) groups is 2. The third-order valence-electron chi connectivity index (χ3n) is 5.05. The second-order valence-electron chi connectivity index (χ2n) is 7.54. The molecule has 1 aromatic carbocycles. The summed E-state index contributed by atoms with van der Waals surface area (Å²) in [6, 6.07) is 16.1. The molecule has 0 saturated carbocycles. The van der Waals surface area contributed by atoms with Crippen molar-refractivity contribution in [2.75, 3.05) is 17.6 Å². The molecule has 0 aliphatic carbocycles. The summed E-state index contributed by atoms with van der Waals surface area (Å²) in [4.78, 5) is 41.5. The molecule has 9 nitrogen and oxygen atoms in total. The molecule has 0 aliphatic heterocycles. The maximum atomic E-state index is 12.8. The fourth-order valence-electron chi connectivity index (χ4n) is 3.15. The number of carbonyl (C=O) groups excluding carboxylic acids is 2. The third kappa shape index (κ3) is 6.67. The van der Waals surface area contributed by atoms with Gasteiger partial charge in [-0.25, -0.2) is 4.98 Å². The number of ether oxygens (including phenoxy) is 1. The molecular weight excluding hydrogens is 422 g/mol. The Hall–Kier alpha value is -4.14. The summed E-state index contributed by atoms with van der Waals surface area (Å²) >= 11 is 0. The number of aryl methyl sites for hydroxylation is 2. The van der Waals surface area contributed by atoms with E-state index in [4.69, 9.17) is 10.5 Å². The number of benzene rings is 1. The molecule has 0 fully saturated rings. The molecule has 33 heavy (non-hydrogen) atoms. The Morgan fingerprint density at radius 2 is 1.82 bits per heavy atom. The Balaban J connectivity index is 1.56. The second kappa shape index (κ2) is 10.9. The third-order valence-corrected chi connectivity index (χ3v) is 5.05. The minimum absolute atomic E-state index is 0.153. The number of nitrogens with zero attached hydrogens (tertiary/aromatic N) is 2. The maximum absolute atomic E-state index is 12.8. The van der Waals surface area contributed by atoms with Gasteiger partial charge in [-0.1, -0.05) is 36.4 Å². The van der Waals surface area contributed by atoms with Crippen molar-refractivity contribution >= 4 is 23.4 Å². The van der Waals surface area contributed by atoms with Gasteiger partial charge in [0.15, 0.2) is 0 Å². The van der Waals surface area contributed by atoms with Gasteiger partial charge in [0.05, 0.1) is 0 Å². The van der Waals surface area contributed by atoms with Crippen LogP contribution in [0.3, 0.4) is 0 Å². The molecule has 2 heterocycles. The number of rotatable bonds is 9. The van der Waals surface area contributed by atoms with Gasteiger partial charge in [0.2, 0.25) is 5.91 Å². The monoisotopic (exact) mass is 449 g/mol. The Morgan fingerprint density at radius 1 is 1.06 bits per heavy atom. The van der Waals surface area contributed by atoms with E-state index in [2.05, 4.69) is 15.6 Å². The Labute approximate surface area is 191 Å². The quantitative estimate of drug-likeness (QED) is 0.426. The van der Waals surface area contributed by atoms with Crippen molar-refractivity contribution < 1.29 is 14.3 Å². The molecule has 0 spiro atoms. The van der Waals surface area contributed by atoms with Crippen LogP contribution in [0.4, 0.5) is 11.5 Å². The summed E-state index contributed by atoms with van der Waals surface area (Å²) < 4.78 is 6.56. The predicted octanol–water partition coefficient (Wildman–Crippen LogP) is 1.91. The average Bonchev–Trinajstić information content (AvgIpc) is 2.80. The fraction of sp³-hybridized carbons (Fsp3) is 0.250. The fourth-order valence-corrected chi connectivity index (χ4v) is 3.15. The molecule has 0 radical (unpaired) electrons. The molecular formula is C24H27N5O4. The van der Waals surface area contributed by atoms with Crippen molar-refractivity contribution in [3.8, 4) is 0 Å². The summed E-state index contributed by atoms with van der Waals surface area (Å²) in [5, 5.41) is 5.59. The van der Waals surface area contributed by atoms with E-state index in [0.29, 0.717) is 11.5 Å². The zero-order valence-corrected chi connectivity index (χ0v) is 18.6. The van der Waals surface area contributed by atoms with E-state index in [1.54, 1.807) is 31.2 Å². The van der Waals surface area contributed by atoms with Gasteiger partial charge in [-0.05, 0) is 43.2 Å². The lowest BCUT2D eigenvalue weighted by molar-refractivity contribution is -0.142. The number of hydrogen-bond acceptors (Lipinski definition) is 7. The predicted molar refractivity (Wildman–Crippen MR) is 125 cm³/mol. The summed E-state index contributed by atoms with van der Waals surface area (Å²) in [5.41, 5.74) is 8.53. The summed E-state index contributed by atoms with van der Waals surface area (Å²) in [6.07, 6.45) is 0. The van der Waals surface area contributed by atoms with Gasteiger partial charge in [0.1, 0.15) is 31.2 Å². The summed E-state index contributed by atoms with van der Waals surface area (Å²) in [5.74, 6) is -0.399. The van der Waals surface area contributed by atoms with Gasteiger partial charge in [-0.15, -0.1) is 0 Å². The zero-order chi connectivity index (χ0) is 23.8. The SMILES string of the molecule is Cc1nc(N)ccc1CNC(=O)Cn1c(C)ccc(NCC(=O)OCc2ccccc2)c1=O. The maximum Gasteiger partial charge on any atom is 0.325 e. The van der Waals surface area contributed by atoms with Crippen LogP contribution in [0.2, 0.25) is 0 Å². The van der Waals surface area contributed by atoms with Crippen LogP contribution in [-0.4, -0.2) is 28.0 Å². The highest BCUT2D eigenvalue weighted by molar-refractivity contribution is 5.76. The first-order valence-electron chi connectivity index (χ1n) is 10.5. The first kappa shape index (κ1) is 23.5. The van der Waals surface area contributed by atoms with Crippen molar-refractivity contribution in [1.29, 1.82) is 0 Å². The van der Waals surface area contributed by atoms with Gasteiger partial charge >= 0.3 is 5.97 Å². The smallest absolute Gasteiger partial charge is 0.325 e. The van der Waals surface area contributed by atoms with Crippen LogP contribution in [0.25, 0.3) is 0 Å². The van der Waals surface area contributed by atoms with E-state index in [1.165, 1.54) is 4.57 Å². The highest BCUT2D eigenvalue weighted by Gasteiger charge is 2.12. The van der Waals surface area contributed by atoms with Crippen LogP contribution >= 0.6 is 0 Å². The summed E-state index contributed by atoms with van der Waals surface area (Å²) in [6.45, 7) is 3.66. The number of nitrogens with two attached hydrogens (primary N) is 1. The topological polar surface area (TPSA) is 128 Å². The Kier molecular flexibility index (Phi) is 7.80. The lowest BCUT2D eigenvalue weighted by Gasteiger charge is -2.14. The minimum Gasteiger partial charge on any atom is -0.460 e. The molecule has 0 atom stereocenters. The van der Waals surface area contributed by atoms with Gasteiger partial charge in [0, 0.05) is 17.9 Å². The van der Waals surface area contributed by atoms with Gasteiger partial charge in [-0.3, -0.25) is 14.4 Å². The van der Waals surface area contributed by atoms with E-state index in [9.17, 15) is 14.4 Å². The normalized spacial score (nSPS) is 10.5. The number of amides is 1. The number of nitrogens with one attached hydrogen (secondary N) is 2. The Morgan fingerprint density at radius 3 is 2.55 bits per heavy atom. The lowest BCUT2D eigenvalue weighted by Crippen LogP contribution is -2.34. The van der Waals surface area contributed by atoms with Crippen molar-refractivity contribution in [2.24, 2.45) is 0 Å². The van der Waals surface area contributed by atoms with Crippen LogP contribution in [0.5, 0.6) is 0 Å². The molecule has 0 bridgehead atoms. The molecule has 0 unspecified atom stereocenters. The molecule has 2 aromatic heterocycles. The number of pyridine rings is 2. The van der Waals surface area contributed by atoms with E-state index < -0.39 is 11.5 Å². The van der Waals surface area contributed by atoms with Gasteiger partial charge < -0.3 is 25.7 Å². The van der Waals surface area contributed by atoms with E-state index >= 15 is 0 Å². The molecule has 1 amide bonds. The summed E-state index contributed by atoms with van der Waals surface area (Å²) in [7, 11) is 0. The second-order valence-corrected chi connectivity index (χ2v) is 7.54. The van der Waals surface area contributed by atoms with Gasteiger partial charge in [0.25, 0.3) is 5.56 Å². The number of aromatic nitrogens is 2. The van der Waals surface area contributed by atoms with Crippen LogP contribution in [0, 0.1) is 13.8 Å². The highest BCUT2D eigenvalue weighted by Crippen LogP contribution is 2.08. The van der Waals surface area contributed by atoms with Crippen LogP contribution in [0.1, 0.15) is 22.5 Å². The van der Waals surface area contributed by atoms with Crippen LogP contribution < -0.4 is 21.9 Å². The first-order chi connectivity index (χ1) is 15.8. The first-order valence-corrected chi connectivity index (χ1v) is 10.5. The van der Waals surface area contributed by atoms with Crippen LogP contribution in [-0.2, 0) is 34.0 Å². The largest absolute Gasteiger partial charge is 0.460 e.